The topological polar surface area (TPSA) is 59.1 Å². The fraction of sp³-hybridized carbons (Fsp3) is 0.556. The summed E-state index contributed by atoms with van der Waals surface area (Å²) in [5.74, 6) is 0.711. The first-order valence-corrected chi connectivity index (χ1v) is 9.26. The minimum atomic E-state index is -0.506. The third kappa shape index (κ3) is 3.76. The number of rotatable bonds is 1. The number of benzene rings is 1. The van der Waals surface area contributed by atoms with Crippen molar-refractivity contribution < 1.29 is 19.1 Å². The molecule has 0 spiro atoms. The second kappa shape index (κ2) is 6.86. The summed E-state index contributed by atoms with van der Waals surface area (Å²) >= 11 is 3.65. The molecule has 0 aromatic heterocycles. The molecule has 0 saturated carbocycles. The SMILES string of the molecule is CC(C)(C)OC(=O)N1CCc2cc3c(c(Br)c2CC1)OCCN3C=O. The van der Waals surface area contributed by atoms with Crippen LogP contribution in [0.4, 0.5) is 10.5 Å². The molecule has 136 valence electrons. The first-order valence-electron chi connectivity index (χ1n) is 8.47. The smallest absolute Gasteiger partial charge is 0.410 e. The quantitative estimate of drug-likeness (QED) is 0.667. The van der Waals surface area contributed by atoms with Crippen molar-refractivity contribution in [3.8, 4) is 5.75 Å². The van der Waals surface area contributed by atoms with Crippen LogP contribution in [0.25, 0.3) is 0 Å². The van der Waals surface area contributed by atoms with Gasteiger partial charge < -0.3 is 19.3 Å². The fourth-order valence-electron chi connectivity index (χ4n) is 3.15. The largest absolute Gasteiger partial charge is 0.488 e. The highest BCUT2D eigenvalue weighted by Crippen LogP contribution is 2.42. The van der Waals surface area contributed by atoms with E-state index in [-0.39, 0.29) is 6.09 Å². The number of anilines is 1. The molecule has 0 bridgehead atoms. The molecule has 25 heavy (non-hydrogen) atoms. The molecule has 3 rings (SSSR count). The Bertz CT molecular complexity index is 699. The molecule has 1 aromatic carbocycles. The van der Waals surface area contributed by atoms with Crippen molar-refractivity contribution in [2.75, 3.05) is 31.1 Å². The van der Waals surface area contributed by atoms with Gasteiger partial charge in [0.2, 0.25) is 6.41 Å². The molecule has 0 atom stereocenters. The Balaban J connectivity index is 1.86. The maximum absolute atomic E-state index is 12.4. The molecule has 2 aliphatic rings. The summed E-state index contributed by atoms with van der Waals surface area (Å²) < 4.78 is 12.2. The van der Waals surface area contributed by atoms with Crippen molar-refractivity contribution in [3.05, 3.63) is 21.7 Å². The van der Waals surface area contributed by atoms with Crippen LogP contribution in [0.3, 0.4) is 0 Å². The third-order valence-corrected chi connectivity index (χ3v) is 5.18. The van der Waals surface area contributed by atoms with Crippen LogP contribution >= 0.6 is 15.9 Å². The normalized spacial score (nSPS) is 17.1. The van der Waals surface area contributed by atoms with Gasteiger partial charge in [-0.1, -0.05) is 0 Å². The van der Waals surface area contributed by atoms with Gasteiger partial charge >= 0.3 is 6.09 Å². The molecule has 2 amide bonds. The van der Waals surface area contributed by atoms with Crippen molar-refractivity contribution in [2.24, 2.45) is 0 Å². The molecule has 1 aromatic rings. The van der Waals surface area contributed by atoms with E-state index in [0.29, 0.717) is 44.8 Å². The second-order valence-electron chi connectivity index (χ2n) is 7.29. The Labute approximate surface area is 156 Å². The van der Waals surface area contributed by atoms with Crippen LogP contribution in [0, 0.1) is 0 Å². The molecular weight excluding hydrogens is 388 g/mol. The number of nitrogens with zero attached hydrogens (tertiary/aromatic N) is 2. The first-order chi connectivity index (χ1) is 11.8. The predicted octanol–water partition coefficient (Wildman–Crippen LogP) is 3.14. The molecule has 2 aliphatic heterocycles. The summed E-state index contributed by atoms with van der Waals surface area (Å²) in [4.78, 5) is 27.1. The van der Waals surface area contributed by atoms with Crippen LogP contribution in [0.15, 0.2) is 10.5 Å². The lowest BCUT2D eigenvalue weighted by Gasteiger charge is -2.29. The van der Waals surface area contributed by atoms with Crippen molar-refractivity contribution in [1.82, 2.24) is 4.90 Å². The Morgan fingerprint density at radius 1 is 1.28 bits per heavy atom. The maximum Gasteiger partial charge on any atom is 0.410 e. The average molecular weight is 411 g/mol. The summed E-state index contributed by atoms with van der Waals surface area (Å²) in [5.41, 5.74) is 2.55. The zero-order valence-electron chi connectivity index (χ0n) is 14.8. The molecule has 0 unspecified atom stereocenters. The van der Waals surface area contributed by atoms with Gasteiger partial charge in [-0.3, -0.25) is 4.79 Å². The number of ether oxygens (including phenoxy) is 2. The first kappa shape index (κ1) is 18.0. The van der Waals surface area contributed by atoms with Crippen molar-refractivity contribution in [2.45, 2.75) is 39.2 Å². The zero-order chi connectivity index (χ0) is 18.2. The van der Waals surface area contributed by atoms with Gasteiger partial charge in [0.15, 0.2) is 5.75 Å². The number of carbonyl (C=O) groups is 2. The van der Waals surface area contributed by atoms with Gasteiger partial charge in [-0.15, -0.1) is 0 Å². The van der Waals surface area contributed by atoms with Gasteiger partial charge in [-0.05, 0) is 66.7 Å². The van der Waals surface area contributed by atoms with Crippen LogP contribution < -0.4 is 9.64 Å². The van der Waals surface area contributed by atoms with E-state index >= 15 is 0 Å². The maximum atomic E-state index is 12.4. The molecule has 0 fully saturated rings. The number of halogens is 1. The van der Waals surface area contributed by atoms with Crippen LogP contribution in [0.2, 0.25) is 0 Å². The second-order valence-corrected chi connectivity index (χ2v) is 8.08. The van der Waals surface area contributed by atoms with Gasteiger partial charge in [0.05, 0.1) is 16.7 Å². The lowest BCUT2D eigenvalue weighted by molar-refractivity contribution is -0.107. The lowest BCUT2D eigenvalue weighted by atomic mass is 10.0. The van der Waals surface area contributed by atoms with E-state index in [0.717, 1.165) is 27.7 Å². The van der Waals surface area contributed by atoms with E-state index in [2.05, 4.69) is 15.9 Å². The van der Waals surface area contributed by atoms with E-state index < -0.39 is 5.60 Å². The summed E-state index contributed by atoms with van der Waals surface area (Å²) in [7, 11) is 0. The highest BCUT2D eigenvalue weighted by molar-refractivity contribution is 9.10. The molecule has 2 heterocycles. The minimum Gasteiger partial charge on any atom is -0.488 e. The summed E-state index contributed by atoms with van der Waals surface area (Å²) in [6.07, 6.45) is 1.98. The monoisotopic (exact) mass is 410 g/mol. The number of hydrogen-bond donors (Lipinski definition) is 0. The van der Waals surface area contributed by atoms with Gasteiger partial charge in [-0.2, -0.15) is 0 Å². The summed E-state index contributed by atoms with van der Waals surface area (Å²) in [5, 5.41) is 0. The number of hydrogen-bond acceptors (Lipinski definition) is 4. The number of carbonyl (C=O) groups excluding carboxylic acids is 2. The Hall–Kier alpha value is -1.76. The molecule has 0 radical (unpaired) electrons. The van der Waals surface area contributed by atoms with Crippen molar-refractivity contribution >= 4 is 34.1 Å². The van der Waals surface area contributed by atoms with Crippen molar-refractivity contribution in [3.63, 3.8) is 0 Å². The van der Waals surface area contributed by atoms with Gasteiger partial charge in [-0.25, -0.2) is 4.79 Å². The highest BCUT2D eigenvalue weighted by Gasteiger charge is 2.29. The number of amides is 2. The van der Waals surface area contributed by atoms with E-state index in [4.69, 9.17) is 9.47 Å². The molecule has 0 saturated heterocycles. The molecule has 6 nitrogen and oxygen atoms in total. The van der Waals surface area contributed by atoms with Crippen LogP contribution in [0.5, 0.6) is 5.75 Å². The van der Waals surface area contributed by atoms with Gasteiger partial charge in [0.1, 0.15) is 12.2 Å². The molecule has 0 aliphatic carbocycles. The zero-order valence-corrected chi connectivity index (χ0v) is 16.4. The Morgan fingerprint density at radius 2 is 2.00 bits per heavy atom. The van der Waals surface area contributed by atoms with Gasteiger partial charge in [0, 0.05) is 13.1 Å². The molecule has 7 heteroatoms. The average Bonchev–Trinajstić information content (AvgIpc) is 2.76. The highest BCUT2D eigenvalue weighted by atomic mass is 79.9. The van der Waals surface area contributed by atoms with E-state index in [9.17, 15) is 9.59 Å². The van der Waals surface area contributed by atoms with Gasteiger partial charge in [0.25, 0.3) is 0 Å². The van der Waals surface area contributed by atoms with E-state index in [1.54, 1.807) is 9.80 Å². The molecule has 0 N–H and O–H groups in total. The van der Waals surface area contributed by atoms with Crippen LogP contribution in [-0.2, 0) is 22.4 Å². The van der Waals surface area contributed by atoms with Crippen LogP contribution in [0.1, 0.15) is 31.9 Å². The standard InChI is InChI=1S/C18H23BrN2O4/c1-18(2,3)25-17(23)20-6-4-12-10-14-16(15(19)13(12)5-7-20)24-9-8-21(14)11-22/h10-11H,4-9H2,1-3H3. The van der Waals surface area contributed by atoms with E-state index in [1.165, 1.54) is 0 Å². The third-order valence-electron chi connectivity index (χ3n) is 4.35. The van der Waals surface area contributed by atoms with Crippen molar-refractivity contribution in [1.29, 1.82) is 0 Å². The minimum absolute atomic E-state index is 0.285. The lowest BCUT2D eigenvalue weighted by Crippen LogP contribution is -2.38. The Kier molecular flexibility index (Phi) is 4.95. The Morgan fingerprint density at radius 3 is 2.68 bits per heavy atom. The summed E-state index contributed by atoms with van der Waals surface area (Å²) in [6.45, 7) is 7.82. The van der Waals surface area contributed by atoms with Crippen LogP contribution in [-0.4, -0.2) is 49.2 Å². The predicted molar refractivity (Wildman–Crippen MR) is 98.3 cm³/mol. The molecular formula is C18H23BrN2O4. The van der Waals surface area contributed by atoms with E-state index in [1.807, 2.05) is 26.8 Å². The summed E-state index contributed by atoms with van der Waals surface area (Å²) in [6, 6.07) is 2.02. The fourth-order valence-corrected chi connectivity index (χ4v) is 3.92. The number of fused-ring (bicyclic) bond motifs is 2.